The van der Waals surface area contributed by atoms with Crippen LogP contribution in [0.3, 0.4) is 0 Å². The number of anilines is 4. The van der Waals surface area contributed by atoms with E-state index < -0.39 is 5.91 Å². The number of halogens is 1. The quantitative estimate of drug-likeness (QED) is 0.486. The number of carbonyl (C=O) groups excluding carboxylic acids is 1. The monoisotopic (exact) mass is 453 g/mol. The maximum atomic E-state index is 11.9. The lowest BCUT2D eigenvalue weighted by atomic mass is 10.2. The number of amides is 1. The largest absolute Gasteiger partial charge is 0.437 e. The van der Waals surface area contributed by atoms with Crippen LogP contribution in [0.25, 0.3) is 0 Å². The van der Waals surface area contributed by atoms with Gasteiger partial charge in [-0.05, 0) is 37.4 Å². The van der Waals surface area contributed by atoms with E-state index in [0.29, 0.717) is 22.1 Å². The van der Waals surface area contributed by atoms with Crippen molar-refractivity contribution < 1.29 is 9.53 Å². The maximum Gasteiger partial charge on any atom is 0.271 e. The molecule has 0 atom stereocenters. The molecule has 1 aliphatic heterocycles. The second kappa shape index (κ2) is 9.29. The lowest BCUT2D eigenvalue weighted by Crippen LogP contribution is -2.44. The lowest BCUT2D eigenvalue weighted by Gasteiger charge is -2.34. The Labute approximate surface area is 190 Å². The predicted molar refractivity (Wildman–Crippen MR) is 126 cm³/mol. The van der Waals surface area contributed by atoms with E-state index >= 15 is 0 Å². The Bertz CT molecular complexity index is 1130. The van der Waals surface area contributed by atoms with Crippen LogP contribution in [0.5, 0.6) is 11.6 Å². The summed E-state index contributed by atoms with van der Waals surface area (Å²) in [5.74, 6) is 0.137. The first-order chi connectivity index (χ1) is 15.4. The van der Waals surface area contributed by atoms with Gasteiger partial charge < -0.3 is 31.3 Å². The fourth-order valence-electron chi connectivity index (χ4n) is 3.41. The zero-order valence-electron chi connectivity index (χ0n) is 17.6. The first kappa shape index (κ1) is 21.7. The minimum absolute atomic E-state index is 0.0100. The lowest BCUT2D eigenvalue weighted by molar-refractivity contribution is 0.0996. The molecule has 0 spiro atoms. The zero-order valence-corrected chi connectivity index (χ0v) is 18.3. The van der Waals surface area contributed by atoms with Gasteiger partial charge in [-0.15, -0.1) is 0 Å². The number of rotatable bonds is 6. The summed E-state index contributed by atoms with van der Waals surface area (Å²) >= 11 is 6.56. The molecule has 4 rings (SSSR count). The Morgan fingerprint density at radius 1 is 1.16 bits per heavy atom. The molecule has 32 heavy (non-hydrogen) atoms. The van der Waals surface area contributed by atoms with E-state index in [9.17, 15) is 4.79 Å². The smallest absolute Gasteiger partial charge is 0.271 e. The number of benzene rings is 2. The Morgan fingerprint density at radius 3 is 2.62 bits per heavy atom. The fourth-order valence-corrected chi connectivity index (χ4v) is 3.71. The highest BCUT2D eigenvalue weighted by atomic mass is 35.5. The molecule has 0 bridgehead atoms. The normalized spacial score (nSPS) is 14.2. The summed E-state index contributed by atoms with van der Waals surface area (Å²) in [5, 5.41) is 3.68. The molecule has 1 aliphatic rings. The molecular formula is C22H24ClN7O2. The molecule has 1 amide bonds. The van der Waals surface area contributed by atoms with Gasteiger partial charge in [-0.2, -0.15) is 4.98 Å². The van der Waals surface area contributed by atoms with Gasteiger partial charge in [0.2, 0.25) is 5.88 Å². The molecule has 0 unspecified atom stereocenters. The maximum absolute atomic E-state index is 11.9. The number of likely N-dealkylation sites (N-methyl/N-ethyl adjacent to an activating group) is 1. The number of piperazine rings is 1. The summed E-state index contributed by atoms with van der Waals surface area (Å²) in [6.45, 7) is 3.77. The van der Waals surface area contributed by atoms with Crippen LogP contribution in [-0.2, 0) is 0 Å². The second-order valence-corrected chi connectivity index (χ2v) is 7.93. The number of hydrogen-bond donors (Lipinski definition) is 3. The molecule has 166 valence electrons. The molecule has 1 fully saturated rings. The molecule has 3 aromatic rings. The number of carbonyl (C=O) groups is 1. The molecule has 2 aromatic carbocycles. The van der Waals surface area contributed by atoms with E-state index in [0.717, 1.165) is 31.9 Å². The van der Waals surface area contributed by atoms with E-state index in [1.807, 2.05) is 12.1 Å². The molecule has 0 radical (unpaired) electrons. The molecule has 5 N–H and O–H groups in total. The number of primary amides is 1. The molecule has 10 heteroatoms. The number of hydrogen-bond acceptors (Lipinski definition) is 8. The Hall–Kier alpha value is -3.56. The Balaban J connectivity index is 1.57. The number of nitrogens with two attached hydrogens (primary N) is 2. The van der Waals surface area contributed by atoms with Crippen LogP contribution in [0.2, 0.25) is 5.02 Å². The summed E-state index contributed by atoms with van der Waals surface area (Å²) in [5.41, 5.74) is 13.4. The van der Waals surface area contributed by atoms with Crippen LogP contribution >= 0.6 is 11.6 Å². The third kappa shape index (κ3) is 5.01. The molecule has 0 aliphatic carbocycles. The van der Waals surface area contributed by atoms with Crippen LogP contribution in [0, 0.1) is 0 Å². The van der Waals surface area contributed by atoms with Crippen molar-refractivity contribution >= 4 is 40.4 Å². The summed E-state index contributed by atoms with van der Waals surface area (Å²) < 4.78 is 5.72. The number of nitrogens with one attached hydrogen (secondary N) is 1. The standard InChI is InChI=1S/C22H24ClN7O2/c1-29-7-9-30(10-8-29)18-6-5-15(12-17(18)23)27-22-20(21(25)31)26-13-19(28-22)32-16-4-2-3-14(24)11-16/h2-6,11-13H,7-10,24H2,1H3,(H2,25,31)(H,27,28). The Morgan fingerprint density at radius 2 is 1.94 bits per heavy atom. The number of nitrogens with zero attached hydrogens (tertiary/aromatic N) is 4. The van der Waals surface area contributed by atoms with Gasteiger partial charge in [-0.25, -0.2) is 4.98 Å². The van der Waals surface area contributed by atoms with E-state index in [1.54, 1.807) is 30.3 Å². The van der Waals surface area contributed by atoms with Gasteiger partial charge >= 0.3 is 0 Å². The van der Waals surface area contributed by atoms with Crippen LogP contribution < -0.4 is 26.4 Å². The van der Waals surface area contributed by atoms with Gasteiger partial charge in [-0.1, -0.05) is 17.7 Å². The molecule has 1 aromatic heterocycles. The van der Waals surface area contributed by atoms with Gasteiger partial charge in [0.05, 0.1) is 16.9 Å². The van der Waals surface area contributed by atoms with Crippen LogP contribution in [0.4, 0.5) is 22.9 Å². The van der Waals surface area contributed by atoms with Crippen LogP contribution in [0.15, 0.2) is 48.7 Å². The van der Waals surface area contributed by atoms with Crippen molar-refractivity contribution in [3.05, 3.63) is 59.4 Å². The SMILES string of the molecule is CN1CCN(c2ccc(Nc3nc(Oc4cccc(N)c4)cnc3C(N)=O)cc2Cl)CC1. The molecule has 2 heterocycles. The number of aromatic nitrogens is 2. The van der Waals surface area contributed by atoms with Crippen molar-refractivity contribution in [3.63, 3.8) is 0 Å². The van der Waals surface area contributed by atoms with E-state index in [1.165, 1.54) is 6.20 Å². The second-order valence-electron chi connectivity index (χ2n) is 7.53. The summed E-state index contributed by atoms with van der Waals surface area (Å²) in [4.78, 5) is 24.9. The van der Waals surface area contributed by atoms with Crippen molar-refractivity contribution in [1.29, 1.82) is 0 Å². The van der Waals surface area contributed by atoms with Crippen molar-refractivity contribution in [2.45, 2.75) is 0 Å². The van der Waals surface area contributed by atoms with Gasteiger partial charge in [0, 0.05) is 43.6 Å². The molecule has 1 saturated heterocycles. The number of ether oxygens (including phenoxy) is 1. The fraction of sp³-hybridized carbons (Fsp3) is 0.227. The summed E-state index contributed by atoms with van der Waals surface area (Å²) in [6, 6.07) is 12.5. The highest BCUT2D eigenvalue weighted by Gasteiger charge is 2.18. The average Bonchev–Trinajstić information content (AvgIpc) is 2.75. The van der Waals surface area contributed by atoms with Crippen molar-refractivity contribution in [1.82, 2.24) is 14.9 Å². The Kier molecular flexibility index (Phi) is 6.29. The van der Waals surface area contributed by atoms with E-state index in [-0.39, 0.29) is 17.4 Å². The highest BCUT2D eigenvalue weighted by molar-refractivity contribution is 6.33. The van der Waals surface area contributed by atoms with Crippen molar-refractivity contribution in [2.75, 3.05) is 49.2 Å². The zero-order chi connectivity index (χ0) is 22.7. The van der Waals surface area contributed by atoms with E-state index in [2.05, 4.69) is 32.1 Å². The van der Waals surface area contributed by atoms with Gasteiger partial charge in [0.15, 0.2) is 11.5 Å². The van der Waals surface area contributed by atoms with Crippen molar-refractivity contribution in [3.8, 4) is 11.6 Å². The molecular weight excluding hydrogens is 430 g/mol. The summed E-state index contributed by atoms with van der Waals surface area (Å²) in [6.07, 6.45) is 1.33. The highest BCUT2D eigenvalue weighted by Crippen LogP contribution is 2.31. The van der Waals surface area contributed by atoms with Crippen molar-refractivity contribution in [2.24, 2.45) is 5.73 Å². The van der Waals surface area contributed by atoms with Crippen LogP contribution in [0.1, 0.15) is 10.5 Å². The first-order valence-electron chi connectivity index (χ1n) is 10.1. The third-order valence-corrected chi connectivity index (χ3v) is 5.42. The topological polar surface area (TPSA) is 123 Å². The van der Waals surface area contributed by atoms with Crippen LogP contribution in [-0.4, -0.2) is 54.0 Å². The minimum Gasteiger partial charge on any atom is -0.437 e. The van der Waals surface area contributed by atoms with Gasteiger partial charge in [0.25, 0.3) is 5.91 Å². The summed E-state index contributed by atoms with van der Waals surface area (Å²) in [7, 11) is 2.11. The van der Waals surface area contributed by atoms with E-state index in [4.69, 9.17) is 27.8 Å². The molecule has 0 saturated carbocycles. The van der Waals surface area contributed by atoms with Gasteiger partial charge in [0.1, 0.15) is 5.75 Å². The minimum atomic E-state index is -0.712. The first-order valence-corrected chi connectivity index (χ1v) is 10.5. The number of nitrogen functional groups attached to an aromatic ring is 1. The third-order valence-electron chi connectivity index (χ3n) is 5.12. The molecule has 9 nitrogen and oxygen atoms in total. The van der Waals surface area contributed by atoms with Gasteiger partial charge in [-0.3, -0.25) is 4.79 Å². The predicted octanol–water partition coefficient (Wildman–Crippen LogP) is 3.10. The average molecular weight is 454 g/mol.